The second-order valence-electron chi connectivity index (χ2n) is 4.44. The van der Waals surface area contributed by atoms with E-state index in [9.17, 15) is 9.59 Å². The van der Waals surface area contributed by atoms with Crippen molar-refractivity contribution in [3.05, 3.63) is 60.2 Å². The topological polar surface area (TPSA) is 84.0 Å². The third-order valence-electron chi connectivity index (χ3n) is 2.80. The lowest BCUT2D eigenvalue weighted by Gasteiger charge is -2.06. The van der Waals surface area contributed by atoms with Crippen LogP contribution in [0.1, 0.15) is 17.5 Å². The van der Waals surface area contributed by atoms with Crippen LogP contribution in [0.2, 0.25) is 0 Å². The molecule has 2 aromatic rings. The van der Waals surface area contributed by atoms with Crippen molar-refractivity contribution in [1.82, 2.24) is 20.6 Å². The molecule has 0 unspecified atom stereocenters. The van der Waals surface area contributed by atoms with Gasteiger partial charge in [-0.05, 0) is 35.4 Å². The van der Waals surface area contributed by atoms with Gasteiger partial charge in [0.1, 0.15) is 6.42 Å². The van der Waals surface area contributed by atoms with Gasteiger partial charge in [0.25, 0.3) is 0 Å². The highest BCUT2D eigenvalue weighted by Gasteiger charge is 2.08. The van der Waals surface area contributed by atoms with Gasteiger partial charge >= 0.3 is 0 Å². The number of pyridine rings is 2. The van der Waals surface area contributed by atoms with Crippen molar-refractivity contribution in [2.24, 2.45) is 0 Å². The van der Waals surface area contributed by atoms with Crippen molar-refractivity contribution in [2.75, 3.05) is 0 Å². The van der Waals surface area contributed by atoms with Crippen LogP contribution >= 0.6 is 0 Å². The molecule has 108 valence electrons. The lowest BCUT2D eigenvalue weighted by atomic mass is 10.2. The van der Waals surface area contributed by atoms with Gasteiger partial charge < -0.3 is 10.6 Å². The van der Waals surface area contributed by atoms with Crippen LogP contribution in [0.4, 0.5) is 0 Å². The lowest BCUT2D eigenvalue weighted by molar-refractivity contribution is -0.129. The van der Waals surface area contributed by atoms with E-state index in [1.807, 2.05) is 24.3 Å². The van der Waals surface area contributed by atoms with Crippen molar-refractivity contribution in [1.29, 1.82) is 0 Å². The number of nitrogens with zero attached hydrogens (tertiary/aromatic N) is 2. The molecule has 0 aliphatic heterocycles. The van der Waals surface area contributed by atoms with Gasteiger partial charge in [0.2, 0.25) is 11.8 Å². The molecular weight excluding hydrogens is 268 g/mol. The smallest absolute Gasteiger partial charge is 0.229 e. The van der Waals surface area contributed by atoms with Gasteiger partial charge in [0, 0.05) is 37.9 Å². The summed E-state index contributed by atoms with van der Waals surface area (Å²) in [7, 11) is 0. The normalized spacial score (nSPS) is 9.90. The molecule has 2 amide bonds. The second-order valence-corrected chi connectivity index (χ2v) is 4.44. The number of rotatable bonds is 6. The largest absolute Gasteiger partial charge is 0.352 e. The van der Waals surface area contributed by atoms with Gasteiger partial charge in [-0.15, -0.1) is 0 Å². The standard InChI is InChI=1S/C15H16N4O2/c20-14(18-10-12-1-5-16-6-2-12)9-15(21)19-11-13-3-7-17-8-4-13/h1-8H,9-11H2,(H,18,20)(H,19,21). The summed E-state index contributed by atoms with van der Waals surface area (Å²) in [6.45, 7) is 0.776. The molecular formula is C15H16N4O2. The number of hydrogen-bond acceptors (Lipinski definition) is 4. The van der Waals surface area contributed by atoms with Crippen LogP contribution in [-0.4, -0.2) is 21.8 Å². The maximum Gasteiger partial charge on any atom is 0.229 e. The molecule has 21 heavy (non-hydrogen) atoms. The molecule has 0 aliphatic carbocycles. The Balaban J connectivity index is 1.69. The fraction of sp³-hybridized carbons (Fsp3) is 0.200. The highest BCUT2D eigenvalue weighted by atomic mass is 16.2. The van der Waals surface area contributed by atoms with Crippen LogP contribution in [0.15, 0.2) is 49.1 Å². The Morgan fingerprint density at radius 2 is 1.14 bits per heavy atom. The predicted molar refractivity (Wildman–Crippen MR) is 76.8 cm³/mol. The van der Waals surface area contributed by atoms with E-state index in [0.717, 1.165) is 11.1 Å². The van der Waals surface area contributed by atoms with E-state index >= 15 is 0 Å². The molecule has 0 bridgehead atoms. The van der Waals surface area contributed by atoms with Crippen molar-refractivity contribution < 1.29 is 9.59 Å². The summed E-state index contributed by atoms with van der Waals surface area (Å²) in [4.78, 5) is 31.1. The summed E-state index contributed by atoms with van der Waals surface area (Å²) in [5, 5.41) is 5.38. The van der Waals surface area contributed by atoms with Crippen molar-refractivity contribution >= 4 is 11.8 Å². The fourth-order valence-corrected chi connectivity index (χ4v) is 1.67. The maximum absolute atomic E-state index is 11.6. The highest BCUT2D eigenvalue weighted by Crippen LogP contribution is 1.97. The Bertz CT molecular complexity index is 534. The van der Waals surface area contributed by atoms with Gasteiger partial charge in [0.05, 0.1) is 0 Å². The van der Waals surface area contributed by atoms with Gasteiger partial charge in [-0.2, -0.15) is 0 Å². The molecule has 2 rings (SSSR count). The van der Waals surface area contributed by atoms with E-state index in [1.54, 1.807) is 24.8 Å². The van der Waals surface area contributed by atoms with E-state index in [1.165, 1.54) is 0 Å². The molecule has 2 heterocycles. The zero-order chi connectivity index (χ0) is 14.9. The van der Waals surface area contributed by atoms with Gasteiger partial charge in [-0.3, -0.25) is 19.6 Å². The zero-order valence-electron chi connectivity index (χ0n) is 11.5. The SMILES string of the molecule is O=C(CC(=O)NCc1ccncc1)NCc1ccncc1. The van der Waals surface area contributed by atoms with E-state index in [2.05, 4.69) is 20.6 Å². The Kier molecular flexibility index (Phi) is 5.40. The average Bonchev–Trinajstić information content (AvgIpc) is 2.53. The fourth-order valence-electron chi connectivity index (χ4n) is 1.67. The summed E-state index contributed by atoms with van der Waals surface area (Å²) in [6.07, 6.45) is 6.44. The van der Waals surface area contributed by atoms with Crippen LogP contribution < -0.4 is 10.6 Å². The summed E-state index contributed by atoms with van der Waals surface area (Å²) in [5.74, 6) is -0.613. The Morgan fingerprint density at radius 3 is 1.52 bits per heavy atom. The summed E-state index contributed by atoms with van der Waals surface area (Å²) < 4.78 is 0. The first-order valence-corrected chi connectivity index (χ1v) is 6.55. The summed E-state index contributed by atoms with van der Waals surface area (Å²) in [6, 6.07) is 7.24. The highest BCUT2D eigenvalue weighted by molar-refractivity contribution is 5.96. The predicted octanol–water partition coefficient (Wildman–Crippen LogP) is 0.799. The molecule has 0 fully saturated rings. The third-order valence-corrected chi connectivity index (χ3v) is 2.80. The monoisotopic (exact) mass is 284 g/mol. The van der Waals surface area contributed by atoms with Crippen molar-refractivity contribution in [2.45, 2.75) is 19.5 Å². The molecule has 0 spiro atoms. The summed E-state index contributed by atoms with van der Waals surface area (Å²) >= 11 is 0. The average molecular weight is 284 g/mol. The minimum Gasteiger partial charge on any atom is -0.352 e. The van der Waals surface area contributed by atoms with E-state index in [4.69, 9.17) is 0 Å². The number of hydrogen-bond donors (Lipinski definition) is 2. The molecule has 0 radical (unpaired) electrons. The molecule has 2 N–H and O–H groups in total. The van der Waals surface area contributed by atoms with Crippen LogP contribution in [0.25, 0.3) is 0 Å². The first-order chi connectivity index (χ1) is 10.2. The van der Waals surface area contributed by atoms with Crippen LogP contribution in [0.3, 0.4) is 0 Å². The van der Waals surface area contributed by atoms with E-state index < -0.39 is 0 Å². The van der Waals surface area contributed by atoms with Gasteiger partial charge in [-0.1, -0.05) is 0 Å². The van der Waals surface area contributed by atoms with Crippen molar-refractivity contribution in [3.8, 4) is 0 Å². The molecule has 0 saturated carbocycles. The quantitative estimate of drug-likeness (QED) is 0.768. The van der Waals surface area contributed by atoms with Gasteiger partial charge in [-0.25, -0.2) is 0 Å². The zero-order valence-corrected chi connectivity index (χ0v) is 11.5. The van der Waals surface area contributed by atoms with Crippen LogP contribution in [0, 0.1) is 0 Å². The number of nitrogens with one attached hydrogen (secondary N) is 2. The molecule has 0 aliphatic rings. The second kappa shape index (κ2) is 7.74. The Labute approximate surface area is 122 Å². The number of amides is 2. The minimum atomic E-state index is -0.306. The first-order valence-electron chi connectivity index (χ1n) is 6.55. The van der Waals surface area contributed by atoms with Crippen LogP contribution in [-0.2, 0) is 22.7 Å². The number of carbonyl (C=O) groups excluding carboxylic acids is 2. The molecule has 2 aromatic heterocycles. The molecule has 0 atom stereocenters. The van der Waals surface area contributed by atoms with E-state index in [-0.39, 0.29) is 18.2 Å². The van der Waals surface area contributed by atoms with Gasteiger partial charge in [0.15, 0.2) is 0 Å². The molecule has 0 saturated heterocycles. The number of aromatic nitrogens is 2. The van der Waals surface area contributed by atoms with Crippen molar-refractivity contribution in [3.63, 3.8) is 0 Å². The van der Waals surface area contributed by atoms with Crippen LogP contribution in [0.5, 0.6) is 0 Å². The Hall–Kier alpha value is -2.76. The molecule has 0 aromatic carbocycles. The number of carbonyl (C=O) groups is 2. The third kappa shape index (κ3) is 5.40. The molecule has 6 nitrogen and oxygen atoms in total. The van der Waals surface area contributed by atoms with E-state index in [0.29, 0.717) is 13.1 Å². The Morgan fingerprint density at radius 1 is 0.762 bits per heavy atom. The minimum absolute atomic E-state index is 0.184. The first kappa shape index (κ1) is 14.6. The summed E-state index contributed by atoms with van der Waals surface area (Å²) in [5.41, 5.74) is 1.88. The molecule has 6 heteroatoms. The lowest BCUT2D eigenvalue weighted by Crippen LogP contribution is -2.31. The maximum atomic E-state index is 11.6.